The molecule has 0 bridgehead atoms. The topological polar surface area (TPSA) is 35.5 Å². The highest BCUT2D eigenvalue weighted by atomic mass is 19.4. The average molecular weight is 274 g/mol. The smallest absolute Gasteiger partial charge is 0.391 e. The van der Waals surface area contributed by atoms with Gasteiger partial charge < -0.3 is 15.3 Å². The van der Waals surface area contributed by atoms with Crippen LogP contribution in [0.25, 0.3) is 0 Å². The molecule has 1 saturated heterocycles. The third-order valence-electron chi connectivity index (χ3n) is 3.25. The van der Waals surface area contributed by atoms with Gasteiger partial charge in [0.05, 0.1) is 11.7 Å². The van der Waals surface area contributed by atoms with Crippen molar-refractivity contribution in [2.75, 3.05) is 25.0 Å². The molecule has 0 saturated carbocycles. The van der Waals surface area contributed by atoms with E-state index in [1.807, 2.05) is 0 Å². The van der Waals surface area contributed by atoms with Crippen molar-refractivity contribution in [1.29, 1.82) is 0 Å². The van der Waals surface area contributed by atoms with Crippen LogP contribution in [-0.2, 0) is 12.7 Å². The van der Waals surface area contributed by atoms with Gasteiger partial charge in [-0.05, 0) is 31.2 Å². The highest BCUT2D eigenvalue weighted by Gasteiger charge is 2.36. The van der Waals surface area contributed by atoms with Gasteiger partial charge in [0.2, 0.25) is 0 Å². The maximum Gasteiger partial charge on any atom is 0.418 e. The summed E-state index contributed by atoms with van der Waals surface area (Å²) in [5.74, 6) is 0. The van der Waals surface area contributed by atoms with Crippen molar-refractivity contribution < 1.29 is 18.3 Å². The second-order valence-corrected chi connectivity index (χ2v) is 4.77. The first-order valence-corrected chi connectivity index (χ1v) is 6.19. The Morgan fingerprint density at radius 3 is 2.68 bits per heavy atom. The SMILES string of the molecule is CNCc1ccc(N2CCC(O)C2)c(C(F)(F)F)c1. The number of alkyl halides is 3. The van der Waals surface area contributed by atoms with Gasteiger partial charge in [0, 0.05) is 25.3 Å². The van der Waals surface area contributed by atoms with Crippen LogP contribution < -0.4 is 10.2 Å². The predicted molar refractivity (Wildman–Crippen MR) is 67.0 cm³/mol. The molecule has 3 nitrogen and oxygen atoms in total. The third kappa shape index (κ3) is 3.19. The summed E-state index contributed by atoms with van der Waals surface area (Å²) in [6.45, 7) is 1.11. The van der Waals surface area contributed by atoms with Crippen LogP contribution in [0.15, 0.2) is 18.2 Å². The summed E-state index contributed by atoms with van der Waals surface area (Å²) < 4.78 is 39.3. The van der Waals surface area contributed by atoms with E-state index >= 15 is 0 Å². The lowest BCUT2D eigenvalue weighted by Crippen LogP contribution is -2.24. The van der Waals surface area contributed by atoms with Gasteiger partial charge in [-0.3, -0.25) is 0 Å². The summed E-state index contributed by atoms with van der Waals surface area (Å²) in [4.78, 5) is 1.59. The number of β-amino-alcohol motifs (C(OH)–C–C–N with tert-alkyl or cyclic N) is 1. The molecule has 106 valence electrons. The molecular weight excluding hydrogens is 257 g/mol. The van der Waals surface area contributed by atoms with Crippen molar-refractivity contribution in [2.45, 2.75) is 25.2 Å². The highest BCUT2D eigenvalue weighted by molar-refractivity contribution is 5.57. The number of rotatable bonds is 3. The molecule has 0 spiro atoms. The molecule has 2 rings (SSSR count). The Kier molecular flexibility index (Phi) is 4.01. The molecule has 1 heterocycles. The monoisotopic (exact) mass is 274 g/mol. The minimum absolute atomic E-state index is 0.156. The van der Waals surface area contributed by atoms with Crippen LogP contribution in [0.4, 0.5) is 18.9 Å². The highest BCUT2D eigenvalue weighted by Crippen LogP contribution is 2.38. The molecule has 0 aliphatic carbocycles. The first-order valence-electron chi connectivity index (χ1n) is 6.19. The summed E-state index contributed by atoms with van der Waals surface area (Å²) in [7, 11) is 1.69. The maximum atomic E-state index is 13.1. The second kappa shape index (κ2) is 5.38. The Labute approximate surface area is 110 Å². The van der Waals surface area contributed by atoms with Gasteiger partial charge in [0.15, 0.2) is 0 Å². The standard InChI is InChI=1S/C13H17F3N2O/c1-17-7-9-2-3-12(11(6-9)13(14,15)16)18-5-4-10(19)8-18/h2-3,6,10,17,19H,4-5,7-8H2,1H3. The van der Waals surface area contributed by atoms with Crippen LogP contribution in [0.3, 0.4) is 0 Å². The van der Waals surface area contributed by atoms with Crippen LogP contribution in [-0.4, -0.2) is 31.3 Å². The van der Waals surface area contributed by atoms with Crippen LogP contribution in [0.5, 0.6) is 0 Å². The number of nitrogens with one attached hydrogen (secondary N) is 1. The maximum absolute atomic E-state index is 13.1. The van der Waals surface area contributed by atoms with Crippen molar-refractivity contribution in [3.8, 4) is 0 Å². The summed E-state index contributed by atoms with van der Waals surface area (Å²) in [6.07, 6.45) is -4.42. The van der Waals surface area contributed by atoms with Crippen molar-refractivity contribution in [3.63, 3.8) is 0 Å². The summed E-state index contributed by atoms with van der Waals surface area (Å²) in [5, 5.41) is 12.3. The fourth-order valence-electron chi connectivity index (χ4n) is 2.36. The molecule has 1 unspecified atom stereocenters. The van der Waals surface area contributed by atoms with Crippen molar-refractivity contribution in [2.24, 2.45) is 0 Å². The minimum atomic E-state index is -4.38. The van der Waals surface area contributed by atoms with Crippen molar-refractivity contribution in [1.82, 2.24) is 5.32 Å². The lowest BCUT2D eigenvalue weighted by molar-refractivity contribution is -0.137. The number of benzene rings is 1. The van der Waals surface area contributed by atoms with Crippen LogP contribution in [0, 0.1) is 0 Å². The van der Waals surface area contributed by atoms with E-state index in [2.05, 4.69) is 5.32 Å². The zero-order chi connectivity index (χ0) is 14.0. The van der Waals surface area contributed by atoms with Gasteiger partial charge in [0.1, 0.15) is 0 Å². The fourth-order valence-corrected chi connectivity index (χ4v) is 2.36. The van der Waals surface area contributed by atoms with Crippen molar-refractivity contribution in [3.05, 3.63) is 29.3 Å². The predicted octanol–water partition coefficient (Wildman–Crippen LogP) is 2.00. The molecule has 1 aliphatic heterocycles. The van der Waals surface area contributed by atoms with Crippen molar-refractivity contribution >= 4 is 5.69 Å². The van der Waals surface area contributed by atoms with E-state index in [0.717, 1.165) is 0 Å². The average Bonchev–Trinajstić information content (AvgIpc) is 2.75. The van der Waals surface area contributed by atoms with Gasteiger partial charge in [-0.2, -0.15) is 13.2 Å². The first kappa shape index (κ1) is 14.1. The molecule has 2 N–H and O–H groups in total. The van der Waals surface area contributed by atoms with Gasteiger partial charge in [-0.1, -0.05) is 6.07 Å². The summed E-state index contributed by atoms with van der Waals surface area (Å²) in [6, 6.07) is 4.36. The molecule has 6 heteroatoms. The number of nitrogens with zero attached hydrogens (tertiary/aromatic N) is 1. The zero-order valence-electron chi connectivity index (χ0n) is 10.7. The molecule has 1 aromatic carbocycles. The molecule has 1 aromatic rings. The number of halogens is 3. The Morgan fingerprint density at radius 1 is 1.42 bits per heavy atom. The Bertz CT molecular complexity index is 448. The van der Waals surface area contributed by atoms with Gasteiger partial charge in [-0.15, -0.1) is 0 Å². The van der Waals surface area contributed by atoms with Gasteiger partial charge in [-0.25, -0.2) is 0 Å². The number of hydrogen-bond acceptors (Lipinski definition) is 3. The molecule has 1 fully saturated rings. The minimum Gasteiger partial charge on any atom is -0.391 e. The van der Waals surface area contributed by atoms with Crippen LogP contribution in [0.2, 0.25) is 0 Å². The van der Waals surface area contributed by atoms with E-state index in [1.54, 1.807) is 18.0 Å². The van der Waals surface area contributed by atoms with Crippen LogP contribution >= 0.6 is 0 Å². The fraction of sp³-hybridized carbons (Fsp3) is 0.538. The molecular formula is C13H17F3N2O. The Hall–Kier alpha value is -1.27. The first-order chi connectivity index (χ1) is 8.91. The van der Waals surface area contributed by atoms with E-state index in [4.69, 9.17) is 0 Å². The van der Waals surface area contributed by atoms with E-state index < -0.39 is 17.8 Å². The van der Waals surface area contributed by atoms with Crippen LogP contribution in [0.1, 0.15) is 17.5 Å². The van der Waals surface area contributed by atoms with Gasteiger partial charge in [0.25, 0.3) is 0 Å². The lowest BCUT2D eigenvalue weighted by Gasteiger charge is -2.23. The molecule has 1 atom stereocenters. The van der Waals surface area contributed by atoms with E-state index in [1.165, 1.54) is 12.1 Å². The van der Waals surface area contributed by atoms with E-state index in [9.17, 15) is 18.3 Å². The normalized spacial score (nSPS) is 20.1. The largest absolute Gasteiger partial charge is 0.418 e. The Balaban J connectivity index is 2.36. The lowest BCUT2D eigenvalue weighted by atomic mass is 10.1. The van der Waals surface area contributed by atoms with E-state index in [-0.39, 0.29) is 12.2 Å². The summed E-state index contributed by atoms with van der Waals surface area (Å²) >= 11 is 0. The molecule has 19 heavy (non-hydrogen) atoms. The summed E-state index contributed by atoms with van der Waals surface area (Å²) in [5.41, 5.74) is 0.122. The number of anilines is 1. The molecule has 1 aliphatic rings. The second-order valence-electron chi connectivity index (χ2n) is 4.77. The Morgan fingerprint density at radius 2 is 2.16 bits per heavy atom. The quantitative estimate of drug-likeness (QED) is 0.885. The molecule has 0 amide bonds. The number of aliphatic hydroxyl groups excluding tert-OH is 1. The third-order valence-corrected chi connectivity index (χ3v) is 3.25. The molecule has 0 aromatic heterocycles. The number of aliphatic hydroxyl groups is 1. The molecule has 0 radical (unpaired) electrons. The van der Waals surface area contributed by atoms with E-state index in [0.29, 0.717) is 25.1 Å². The van der Waals surface area contributed by atoms with Gasteiger partial charge >= 0.3 is 6.18 Å². The zero-order valence-corrected chi connectivity index (χ0v) is 10.7. The number of hydrogen-bond donors (Lipinski definition) is 2.